The first-order valence-corrected chi connectivity index (χ1v) is 6.76. The molecule has 0 aliphatic carbocycles. The fourth-order valence-corrected chi connectivity index (χ4v) is 2.62. The molecule has 0 spiro atoms. The molecule has 0 saturated heterocycles. The predicted molar refractivity (Wildman–Crippen MR) is 77.1 cm³/mol. The molecule has 0 amide bonds. The summed E-state index contributed by atoms with van der Waals surface area (Å²) in [5.41, 5.74) is 3.12. The Balaban J connectivity index is 1.95. The smallest absolute Gasteiger partial charge is 0.129 e. The van der Waals surface area contributed by atoms with Crippen molar-refractivity contribution in [2.75, 3.05) is 7.11 Å². The van der Waals surface area contributed by atoms with Gasteiger partial charge in [-0.15, -0.1) is 0 Å². The normalized spacial score (nSPS) is 20.9. The third kappa shape index (κ3) is 2.37. The average molecular weight is 270 g/mol. The van der Waals surface area contributed by atoms with Gasteiger partial charge in [-0.2, -0.15) is 0 Å². The van der Waals surface area contributed by atoms with Gasteiger partial charge in [0.05, 0.1) is 13.2 Å². The van der Waals surface area contributed by atoms with Crippen molar-refractivity contribution >= 4 is 0 Å². The molecule has 0 fully saturated rings. The van der Waals surface area contributed by atoms with E-state index in [2.05, 4.69) is 19.1 Å². The SMILES string of the molecule is COc1ccc2c(c1)OC(c1cccc(C)c1)CC2O. The van der Waals surface area contributed by atoms with Crippen molar-refractivity contribution in [1.82, 2.24) is 0 Å². The van der Waals surface area contributed by atoms with Gasteiger partial charge in [0.15, 0.2) is 0 Å². The van der Waals surface area contributed by atoms with Crippen molar-refractivity contribution in [2.24, 2.45) is 0 Å². The number of fused-ring (bicyclic) bond motifs is 1. The summed E-state index contributed by atoms with van der Waals surface area (Å²) in [6, 6.07) is 13.8. The van der Waals surface area contributed by atoms with E-state index in [0.717, 1.165) is 16.9 Å². The number of aryl methyl sites for hydroxylation is 1. The largest absolute Gasteiger partial charge is 0.497 e. The number of hydrogen-bond donors (Lipinski definition) is 1. The minimum atomic E-state index is -0.504. The van der Waals surface area contributed by atoms with Crippen LogP contribution in [0.5, 0.6) is 11.5 Å². The number of hydrogen-bond acceptors (Lipinski definition) is 3. The highest BCUT2D eigenvalue weighted by atomic mass is 16.5. The lowest BCUT2D eigenvalue weighted by atomic mass is 9.94. The molecule has 0 saturated carbocycles. The van der Waals surface area contributed by atoms with Crippen LogP contribution in [0.3, 0.4) is 0 Å². The summed E-state index contributed by atoms with van der Waals surface area (Å²) in [5, 5.41) is 10.3. The van der Waals surface area contributed by atoms with Gasteiger partial charge in [0.2, 0.25) is 0 Å². The summed E-state index contributed by atoms with van der Waals surface area (Å²) in [6.07, 6.45) is -0.0531. The van der Waals surface area contributed by atoms with Gasteiger partial charge in [0.1, 0.15) is 17.6 Å². The average Bonchev–Trinajstić information content (AvgIpc) is 2.46. The van der Waals surface area contributed by atoms with E-state index in [0.29, 0.717) is 12.2 Å². The van der Waals surface area contributed by atoms with Crippen molar-refractivity contribution in [1.29, 1.82) is 0 Å². The summed E-state index contributed by atoms with van der Waals surface area (Å²) in [6.45, 7) is 2.06. The molecule has 104 valence electrons. The van der Waals surface area contributed by atoms with Crippen LogP contribution in [0.15, 0.2) is 42.5 Å². The maximum Gasteiger partial charge on any atom is 0.129 e. The van der Waals surface area contributed by atoms with Crippen LogP contribution in [0.25, 0.3) is 0 Å². The third-order valence-corrected chi connectivity index (χ3v) is 3.70. The van der Waals surface area contributed by atoms with Crippen molar-refractivity contribution in [3.8, 4) is 11.5 Å². The van der Waals surface area contributed by atoms with Crippen LogP contribution in [-0.4, -0.2) is 12.2 Å². The van der Waals surface area contributed by atoms with Crippen molar-refractivity contribution in [3.63, 3.8) is 0 Å². The number of rotatable bonds is 2. The van der Waals surface area contributed by atoms with Gasteiger partial charge in [-0.3, -0.25) is 0 Å². The van der Waals surface area contributed by atoms with E-state index in [1.54, 1.807) is 7.11 Å². The molecule has 0 radical (unpaired) electrons. The molecule has 1 aliphatic rings. The number of ether oxygens (including phenoxy) is 2. The van der Waals surface area contributed by atoms with Gasteiger partial charge in [-0.25, -0.2) is 0 Å². The summed E-state index contributed by atoms with van der Waals surface area (Å²) in [5.74, 6) is 1.44. The van der Waals surface area contributed by atoms with Gasteiger partial charge in [0, 0.05) is 18.1 Å². The van der Waals surface area contributed by atoms with Crippen LogP contribution in [0.2, 0.25) is 0 Å². The van der Waals surface area contributed by atoms with Crippen molar-refractivity contribution in [3.05, 3.63) is 59.2 Å². The predicted octanol–water partition coefficient (Wildman–Crippen LogP) is 3.56. The first-order valence-electron chi connectivity index (χ1n) is 6.76. The van der Waals surface area contributed by atoms with E-state index >= 15 is 0 Å². The molecule has 0 aromatic heterocycles. The van der Waals surface area contributed by atoms with Crippen LogP contribution >= 0.6 is 0 Å². The zero-order valence-corrected chi connectivity index (χ0v) is 11.7. The van der Waals surface area contributed by atoms with E-state index in [1.807, 2.05) is 30.3 Å². The Morgan fingerprint density at radius 1 is 1.20 bits per heavy atom. The molecule has 1 aliphatic heterocycles. The quantitative estimate of drug-likeness (QED) is 0.906. The van der Waals surface area contributed by atoms with Crippen LogP contribution in [-0.2, 0) is 0 Å². The summed E-state index contributed by atoms with van der Waals surface area (Å²) < 4.78 is 11.3. The Kier molecular flexibility index (Phi) is 3.36. The molecule has 0 bridgehead atoms. The van der Waals surface area contributed by atoms with Gasteiger partial charge >= 0.3 is 0 Å². The first kappa shape index (κ1) is 13.0. The molecule has 20 heavy (non-hydrogen) atoms. The highest BCUT2D eigenvalue weighted by molar-refractivity contribution is 5.44. The van der Waals surface area contributed by atoms with E-state index in [4.69, 9.17) is 9.47 Å². The van der Waals surface area contributed by atoms with Crippen LogP contribution in [0, 0.1) is 6.92 Å². The zero-order valence-electron chi connectivity index (χ0n) is 11.7. The lowest BCUT2D eigenvalue weighted by Crippen LogP contribution is -2.19. The second-order valence-corrected chi connectivity index (χ2v) is 5.18. The Morgan fingerprint density at radius 3 is 2.80 bits per heavy atom. The fourth-order valence-electron chi connectivity index (χ4n) is 2.62. The molecule has 2 unspecified atom stereocenters. The summed E-state index contributed by atoms with van der Waals surface area (Å²) >= 11 is 0. The monoisotopic (exact) mass is 270 g/mol. The second-order valence-electron chi connectivity index (χ2n) is 5.18. The van der Waals surface area contributed by atoms with Crippen molar-refractivity contribution < 1.29 is 14.6 Å². The standard InChI is InChI=1S/C17H18O3/c1-11-4-3-5-12(8-11)16-10-15(18)14-7-6-13(19-2)9-17(14)20-16/h3-9,15-16,18H,10H2,1-2H3. The fraction of sp³-hybridized carbons (Fsp3) is 0.294. The third-order valence-electron chi connectivity index (χ3n) is 3.70. The Hall–Kier alpha value is -2.00. The first-order chi connectivity index (χ1) is 9.67. The molecular formula is C17H18O3. The highest BCUT2D eigenvalue weighted by Crippen LogP contribution is 2.42. The molecule has 2 aromatic carbocycles. The minimum Gasteiger partial charge on any atom is -0.497 e. The summed E-state index contributed by atoms with van der Waals surface area (Å²) in [4.78, 5) is 0. The van der Waals surface area contributed by atoms with Crippen LogP contribution in [0.1, 0.15) is 35.3 Å². The van der Waals surface area contributed by atoms with Crippen LogP contribution < -0.4 is 9.47 Å². The topological polar surface area (TPSA) is 38.7 Å². The lowest BCUT2D eigenvalue weighted by molar-refractivity contribution is 0.0654. The number of methoxy groups -OCH3 is 1. The molecule has 1 heterocycles. The summed E-state index contributed by atoms with van der Waals surface area (Å²) in [7, 11) is 1.62. The minimum absolute atomic E-state index is 0.121. The molecule has 2 aromatic rings. The Bertz CT molecular complexity index is 621. The van der Waals surface area contributed by atoms with E-state index in [9.17, 15) is 5.11 Å². The maximum atomic E-state index is 10.3. The van der Waals surface area contributed by atoms with E-state index in [-0.39, 0.29) is 6.10 Å². The van der Waals surface area contributed by atoms with Gasteiger partial charge in [-0.1, -0.05) is 29.8 Å². The molecule has 3 heteroatoms. The van der Waals surface area contributed by atoms with E-state index in [1.165, 1.54) is 5.56 Å². The zero-order chi connectivity index (χ0) is 14.1. The number of aliphatic hydroxyl groups is 1. The Morgan fingerprint density at radius 2 is 2.05 bits per heavy atom. The second kappa shape index (κ2) is 5.17. The Labute approximate surface area is 118 Å². The van der Waals surface area contributed by atoms with Crippen molar-refractivity contribution in [2.45, 2.75) is 25.6 Å². The van der Waals surface area contributed by atoms with Gasteiger partial charge < -0.3 is 14.6 Å². The van der Waals surface area contributed by atoms with Gasteiger partial charge in [0.25, 0.3) is 0 Å². The molecule has 3 nitrogen and oxygen atoms in total. The molecule has 1 N–H and O–H groups in total. The molecule has 2 atom stereocenters. The highest BCUT2D eigenvalue weighted by Gasteiger charge is 2.28. The number of aliphatic hydroxyl groups excluding tert-OH is 1. The van der Waals surface area contributed by atoms with Gasteiger partial charge in [-0.05, 0) is 24.6 Å². The molecular weight excluding hydrogens is 252 g/mol. The van der Waals surface area contributed by atoms with E-state index < -0.39 is 6.10 Å². The lowest BCUT2D eigenvalue weighted by Gasteiger charge is -2.30. The van der Waals surface area contributed by atoms with Crippen LogP contribution in [0.4, 0.5) is 0 Å². The molecule has 3 rings (SSSR count). The maximum absolute atomic E-state index is 10.3. The number of benzene rings is 2.